The zero-order valence-electron chi connectivity index (χ0n) is 6.39. The van der Waals surface area contributed by atoms with Crippen LogP contribution in [0.25, 0.3) is 0 Å². The molecule has 0 aliphatic heterocycles. The Labute approximate surface area is 68.5 Å². The topological polar surface area (TPSA) is 69.4 Å². The Hall–Kier alpha value is -1.49. The zero-order chi connectivity index (χ0) is 9.14. The zero-order valence-corrected chi connectivity index (χ0v) is 6.39. The van der Waals surface area contributed by atoms with Crippen LogP contribution in [0.3, 0.4) is 0 Å². The fraction of sp³-hybridized carbons (Fsp3) is 0.286. The molecule has 64 valence electrons. The molecular weight excluding hydrogens is 162 g/mol. The lowest BCUT2D eigenvalue weighted by Gasteiger charge is -2.10. The van der Waals surface area contributed by atoms with E-state index in [1.807, 2.05) is 0 Å². The van der Waals surface area contributed by atoms with Crippen LogP contribution in [-0.2, 0) is 9.53 Å². The molecule has 0 aromatic heterocycles. The van der Waals surface area contributed by atoms with Crippen LogP contribution < -0.4 is 0 Å². The third kappa shape index (κ3) is 1.40. The van der Waals surface area contributed by atoms with Gasteiger partial charge in [0.15, 0.2) is 5.78 Å². The van der Waals surface area contributed by atoms with Gasteiger partial charge < -0.3 is 4.74 Å². The lowest BCUT2D eigenvalue weighted by atomic mass is 10.1. The Morgan fingerprint density at radius 3 is 2.75 bits per heavy atom. The summed E-state index contributed by atoms with van der Waals surface area (Å²) in [6.07, 6.45) is 2.80. The summed E-state index contributed by atoms with van der Waals surface area (Å²) in [5.41, 5.74) is -0.218. The van der Waals surface area contributed by atoms with Crippen molar-refractivity contribution in [3.05, 3.63) is 34.0 Å². The maximum absolute atomic E-state index is 11.0. The van der Waals surface area contributed by atoms with Crippen molar-refractivity contribution in [3.63, 3.8) is 0 Å². The molecule has 0 spiro atoms. The van der Waals surface area contributed by atoms with Crippen molar-refractivity contribution in [2.75, 3.05) is 7.11 Å². The first-order chi connectivity index (χ1) is 5.66. The number of methoxy groups -OCH3 is 1. The van der Waals surface area contributed by atoms with Crippen molar-refractivity contribution in [1.82, 2.24) is 0 Å². The maximum Gasteiger partial charge on any atom is 0.282 e. The van der Waals surface area contributed by atoms with Gasteiger partial charge in [0.25, 0.3) is 5.70 Å². The molecule has 0 aromatic rings. The molecule has 1 rings (SSSR count). The highest BCUT2D eigenvalue weighted by molar-refractivity contribution is 5.96. The Kier molecular flexibility index (Phi) is 2.35. The minimum atomic E-state index is -1.05. The van der Waals surface area contributed by atoms with Gasteiger partial charge in [-0.15, -0.1) is 0 Å². The molecule has 0 aromatic carbocycles. The van der Waals surface area contributed by atoms with Gasteiger partial charge in [-0.3, -0.25) is 14.9 Å². The van der Waals surface area contributed by atoms with Gasteiger partial charge >= 0.3 is 0 Å². The van der Waals surface area contributed by atoms with Crippen molar-refractivity contribution < 1.29 is 14.5 Å². The predicted molar refractivity (Wildman–Crippen MR) is 40.0 cm³/mol. The van der Waals surface area contributed by atoms with E-state index in [-0.39, 0.29) is 5.70 Å². The maximum atomic E-state index is 11.0. The van der Waals surface area contributed by atoms with Gasteiger partial charge in [-0.2, -0.15) is 0 Å². The van der Waals surface area contributed by atoms with Crippen LogP contribution in [0.4, 0.5) is 0 Å². The molecule has 1 atom stereocenters. The van der Waals surface area contributed by atoms with E-state index in [1.165, 1.54) is 25.3 Å². The quantitative estimate of drug-likeness (QED) is 0.440. The third-order valence-electron chi connectivity index (χ3n) is 1.50. The highest BCUT2D eigenvalue weighted by Crippen LogP contribution is 2.13. The van der Waals surface area contributed by atoms with Crippen molar-refractivity contribution in [3.8, 4) is 0 Å². The van der Waals surface area contributed by atoms with Gasteiger partial charge in [0, 0.05) is 13.2 Å². The minimum absolute atomic E-state index is 0.218. The number of hydrogen-bond acceptors (Lipinski definition) is 4. The number of nitro groups is 1. The first-order valence-electron chi connectivity index (χ1n) is 3.26. The predicted octanol–water partition coefficient (Wildman–Crippen LogP) is 0.301. The van der Waals surface area contributed by atoms with E-state index < -0.39 is 16.8 Å². The Morgan fingerprint density at radius 2 is 2.33 bits per heavy atom. The largest absolute Gasteiger partial charge is 0.363 e. The number of ether oxygens (including phenoxy) is 1. The van der Waals surface area contributed by atoms with Gasteiger partial charge in [-0.05, 0) is 6.08 Å². The summed E-state index contributed by atoms with van der Waals surface area (Å²) in [6.45, 7) is 0. The molecule has 0 fully saturated rings. The molecule has 0 heterocycles. The van der Waals surface area contributed by atoms with E-state index in [2.05, 4.69) is 4.74 Å². The third-order valence-corrected chi connectivity index (χ3v) is 1.50. The molecule has 1 aliphatic rings. The van der Waals surface area contributed by atoms with E-state index in [9.17, 15) is 14.9 Å². The molecule has 5 heteroatoms. The number of rotatable bonds is 2. The lowest BCUT2D eigenvalue weighted by molar-refractivity contribution is -0.434. The van der Waals surface area contributed by atoms with Crippen LogP contribution in [0.5, 0.6) is 0 Å². The van der Waals surface area contributed by atoms with E-state index in [4.69, 9.17) is 0 Å². The van der Waals surface area contributed by atoms with Crippen LogP contribution in [0, 0.1) is 10.1 Å². The number of nitrogens with zero attached hydrogens (tertiary/aromatic N) is 1. The number of carbonyl (C=O) groups excluding carboxylic acids is 1. The van der Waals surface area contributed by atoms with Gasteiger partial charge in [0.1, 0.15) is 0 Å². The molecule has 0 radical (unpaired) electrons. The second kappa shape index (κ2) is 3.27. The molecule has 1 aliphatic carbocycles. The first-order valence-corrected chi connectivity index (χ1v) is 3.26. The Balaban J connectivity index is 2.96. The van der Waals surface area contributed by atoms with E-state index in [1.54, 1.807) is 0 Å². The van der Waals surface area contributed by atoms with Crippen LogP contribution in [0.2, 0.25) is 0 Å². The fourth-order valence-corrected chi connectivity index (χ4v) is 0.956. The lowest BCUT2D eigenvalue weighted by Crippen LogP contribution is -2.29. The number of allylic oxidation sites excluding steroid dienone is 2. The van der Waals surface area contributed by atoms with Crippen LogP contribution in [0.15, 0.2) is 23.9 Å². The van der Waals surface area contributed by atoms with Crippen molar-refractivity contribution in [2.45, 2.75) is 6.10 Å². The molecule has 0 bridgehead atoms. The van der Waals surface area contributed by atoms with Gasteiger partial charge in [-0.1, -0.05) is 6.08 Å². The average Bonchev–Trinajstić information content (AvgIpc) is 2.03. The average molecular weight is 169 g/mol. The molecular formula is C7H7NO4. The van der Waals surface area contributed by atoms with Crippen LogP contribution >= 0.6 is 0 Å². The number of hydrogen-bond donors (Lipinski definition) is 0. The monoisotopic (exact) mass is 169 g/mol. The molecule has 1 unspecified atom stereocenters. The highest BCUT2D eigenvalue weighted by Gasteiger charge is 2.31. The molecule has 0 saturated heterocycles. The summed E-state index contributed by atoms with van der Waals surface area (Å²) >= 11 is 0. The van der Waals surface area contributed by atoms with Crippen molar-refractivity contribution in [1.29, 1.82) is 0 Å². The molecule has 0 N–H and O–H groups in total. The molecule has 0 amide bonds. The number of ketones is 1. The van der Waals surface area contributed by atoms with Gasteiger partial charge in [-0.25, -0.2) is 0 Å². The summed E-state index contributed by atoms with van der Waals surface area (Å²) in [5.74, 6) is -0.397. The molecule has 5 nitrogen and oxygen atoms in total. The van der Waals surface area contributed by atoms with Crippen LogP contribution in [-0.4, -0.2) is 23.9 Å². The second-order valence-corrected chi connectivity index (χ2v) is 2.23. The standard InChI is InChI=1S/C7H7NO4/c1-12-7-5(8(10)11)3-2-4-6(7)9/h2-4,7H,1H3. The highest BCUT2D eigenvalue weighted by atomic mass is 16.6. The number of carbonyl (C=O) groups is 1. The van der Waals surface area contributed by atoms with Crippen molar-refractivity contribution in [2.24, 2.45) is 0 Å². The fourth-order valence-electron chi connectivity index (χ4n) is 0.956. The van der Waals surface area contributed by atoms with E-state index >= 15 is 0 Å². The normalized spacial score (nSPS) is 22.2. The van der Waals surface area contributed by atoms with E-state index in [0.717, 1.165) is 0 Å². The summed E-state index contributed by atoms with van der Waals surface area (Å²) in [6, 6.07) is 0. The molecule has 12 heavy (non-hydrogen) atoms. The summed E-state index contributed by atoms with van der Waals surface area (Å²) in [5, 5.41) is 10.3. The van der Waals surface area contributed by atoms with Gasteiger partial charge in [0.2, 0.25) is 6.10 Å². The first kappa shape index (κ1) is 8.61. The minimum Gasteiger partial charge on any atom is -0.363 e. The summed E-state index contributed by atoms with van der Waals surface area (Å²) < 4.78 is 4.67. The smallest absolute Gasteiger partial charge is 0.282 e. The van der Waals surface area contributed by atoms with Crippen molar-refractivity contribution >= 4 is 5.78 Å². The van der Waals surface area contributed by atoms with Crippen LogP contribution in [0.1, 0.15) is 0 Å². The summed E-state index contributed by atoms with van der Waals surface area (Å²) in [4.78, 5) is 20.7. The molecule has 0 saturated carbocycles. The SMILES string of the molecule is COC1C(=O)C=CC=C1[N+](=O)[O-]. The summed E-state index contributed by atoms with van der Waals surface area (Å²) in [7, 11) is 1.26. The second-order valence-electron chi connectivity index (χ2n) is 2.23. The Bertz CT molecular complexity index is 279. The van der Waals surface area contributed by atoms with Gasteiger partial charge in [0.05, 0.1) is 4.92 Å². The van der Waals surface area contributed by atoms with E-state index in [0.29, 0.717) is 0 Å². The Morgan fingerprint density at radius 1 is 1.67 bits per heavy atom.